The molecule has 0 bridgehead atoms. The number of benzene rings is 3. The van der Waals surface area contributed by atoms with Crippen molar-refractivity contribution in [2.24, 2.45) is 0 Å². The van der Waals surface area contributed by atoms with Gasteiger partial charge >= 0.3 is 0 Å². The summed E-state index contributed by atoms with van der Waals surface area (Å²) in [4.78, 5) is 12.6. The van der Waals surface area contributed by atoms with E-state index in [0.29, 0.717) is 17.0 Å². The summed E-state index contributed by atoms with van der Waals surface area (Å²) in [7, 11) is -2.28. The summed E-state index contributed by atoms with van der Waals surface area (Å²) in [6, 6.07) is 17.2. The monoisotopic (exact) mass is 468 g/mol. The Morgan fingerprint density at radius 2 is 1.58 bits per heavy atom. The van der Waals surface area contributed by atoms with Crippen LogP contribution in [0.2, 0.25) is 0 Å². The predicted molar refractivity (Wildman–Crippen MR) is 129 cm³/mol. The number of amides is 1. The third-order valence-electron chi connectivity index (χ3n) is 5.08. The zero-order valence-corrected chi connectivity index (χ0v) is 20.0. The minimum absolute atomic E-state index is 0.0598. The Morgan fingerprint density at radius 3 is 2.24 bits per heavy atom. The highest BCUT2D eigenvalue weighted by Crippen LogP contribution is 2.23. The van der Waals surface area contributed by atoms with Crippen molar-refractivity contribution in [3.05, 3.63) is 82.9 Å². The largest absolute Gasteiger partial charge is 0.497 e. The number of carbonyl (C=O) groups excluding carboxylic acids is 1. The fraction of sp³-hybridized carbons (Fsp3) is 0.240. The van der Waals surface area contributed by atoms with Gasteiger partial charge in [0.25, 0.3) is 15.9 Å². The van der Waals surface area contributed by atoms with Crippen LogP contribution in [0.3, 0.4) is 0 Å². The molecule has 0 saturated heterocycles. The van der Waals surface area contributed by atoms with E-state index in [1.165, 1.54) is 6.07 Å². The van der Waals surface area contributed by atoms with Crippen LogP contribution < -0.4 is 19.5 Å². The lowest BCUT2D eigenvalue weighted by atomic mass is 10.1. The van der Waals surface area contributed by atoms with E-state index in [1.54, 1.807) is 56.5 Å². The van der Waals surface area contributed by atoms with Crippen molar-refractivity contribution in [3.8, 4) is 11.5 Å². The van der Waals surface area contributed by atoms with Gasteiger partial charge in [-0.15, -0.1) is 0 Å². The molecule has 3 aromatic rings. The van der Waals surface area contributed by atoms with Gasteiger partial charge in [-0.2, -0.15) is 0 Å². The molecule has 0 unspecified atom stereocenters. The summed E-state index contributed by atoms with van der Waals surface area (Å²) in [5.74, 6) is 1.01. The molecule has 0 aromatic heterocycles. The molecule has 3 rings (SSSR count). The van der Waals surface area contributed by atoms with Crippen LogP contribution in [0, 0.1) is 20.8 Å². The van der Waals surface area contributed by atoms with Crippen molar-refractivity contribution in [3.63, 3.8) is 0 Å². The SMILES string of the molecule is COc1ccc(OCCNC(=O)c2ccc(C)c(S(=O)(=O)Nc3ccc(C)cc3C)c2)cc1. The van der Waals surface area contributed by atoms with Crippen molar-refractivity contribution in [1.29, 1.82) is 0 Å². The molecular formula is C25H28N2O5S. The topological polar surface area (TPSA) is 93.7 Å². The highest BCUT2D eigenvalue weighted by Gasteiger charge is 2.20. The van der Waals surface area contributed by atoms with Crippen LogP contribution in [0.4, 0.5) is 5.69 Å². The third-order valence-corrected chi connectivity index (χ3v) is 6.59. The maximum absolute atomic E-state index is 13.0. The predicted octanol–water partition coefficient (Wildman–Crippen LogP) is 4.23. The molecule has 0 radical (unpaired) electrons. The number of nitrogens with one attached hydrogen (secondary N) is 2. The van der Waals surface area contributed by atoms with E-state index in [9.17, 15) is 13.2 Å². The number of methoxy groups -OCH3 is 1. The molecule has 33 heavy (non-hydrogen) atoms. The Bertz CT molecular complexity index is 1240. The second kappa shape index (κ2) is 10.4. The molecule has 3 aromatic carbocycles. The molecule has 0 atom stereocenters. The Balaban J connectivity index is 1.64. The molecule has 0 heterocycles. The maximum atomic E-state index is 13.0. The lowest BCUT2D eigenvalue weighted by Crippen LogP contribution is -2.28. The van der Waals surface area contributed by atoms with Crippen LogP contribution in [-0.4, -0.2) is 34.6 Å². The smallest absolute Gasteiger partial charge is 0.262 e. The molecule has 2 N–H and O–H groups in total. The minimum Gasteiger partial charge on any atom is -0.497 e. The summed E-state index contributed by atoms with van der Waals surface area (Å²) in [5, 5.41) is 2.75. The van der Waals surface area contributed by atoms with Crippen LogP contribution >= 0.6 is 0 Å². The molecule has 0 aliphatic rings. The van der Waals surface area contributed by atoms with Crippen LogP contribution in [0.15, 0.2) is 65.6 Å². The Kier molecular flexibility index (Phi) is 7.60. The summed E-state index contributed by atoms with van der Waals surface area (Å²) in [6.07, 6.45) is 0. The first-order valence-corrected chi connectivity index (χ1v) is 11.9. The Labute approximate surface area is 194 Å². The van der Waals surface area contributed by atoms with Crippen molar-refractivity contribution in [2.45, 2.75) is 25.7 Å². The quantitative estimate of drug-likeness (QED) is 0.459. The van der Waals surface area contributed by atoms with Gasteiger partial charge in [-0.05, 0) is 74.4 Å². The van der Waals surface area contributed by atoms with Gasteiger partial charge in [-0.3, -0.25) is 9.52 Å². The molecule has 8 heteroatoms. The van der Waals surface area contributed by atoms with E-state index in [2.05, 4.69) is 10.0 Å². The second-order valence-electron chi connectivity index (χ2n) is 7.68. The lowest BCUT2D eigenvalue weighted by molar-refractivity contribution is 0.0946. The summed E-state index contributed by atoms with van der Waals surface area (Å²) in [6.45, 7) is 6.01. The zero-order chi connectivity index (χ0) is 24.0. The van der Waals surface area contributed by atoms with E-state index in [0.717, 1.165) is 16.9 Å². The molecular weight excluding hydrogens is 440 g/mol. The van der Waals surface area contributed by atoms with E-state index < -0.39 is 10.0 Å². The van der Waals surface area contributed by atoms with Gasteiger partial charge in [0.2, 0.25) is 0 Å². The minimum atomic E-state index is -3.87. The van der Waals surface area contributed by atoms with Crippen molar-refractivity contribution < 1.29 is 22.7 Å². The van der Waals surface area contributed by atoms with E-state index >= 15 is 0 Å². The highest BCUT2D eigenvalue weighted by molar-refractivity contribution is 7.92. The van der Waals surface area contributed by atoms with E-state index in [4.69, 9.17) is 9.47 Å². The standard InChI is InChI=1S/C25H28N2O5S/c1-17-5-12-23(19(3)15-17)27-33(29,30)24-16-20(7-6-18(24)2)25(28)26-13-14-32-22-10-8-21(31-4)9-11-22/h5-12,15-16,27H,13-14H2,1-4H3,(H,26,28). The fourth-order valence-corrected chi connectivity index (χ4v) is 4.67. The van der Waals surface area contributed by atoms with Crippen molar-refractivity contribution in [1.82, 2.24) is 5.32 Å². The average Bonchev–Trinajstić information content (AvgIpc) is 2.79. The van der Waals surface area contributed by atoms with Crippen LogP contribution in [0.1, 0.15) is 27.0 Å². The molecule has 7 nitrogen and oxygen atoms in total. The van der Waals surface area contributed by atoms with Crippen LogP contribution in [-0.2, 0) is 10.0 Å². The number of carbonyl (C=O) groups is 1. The lowest BCUT2D eigenvalue weighted by Gasteiger charge is -2.14. The fourth-order valence-electron chi connectivity index (χ4n) is 3.27. The number of ether oxygens (including phenoxy) is 2. The summed E-state index contributed by atoms with van der Waals surface area (Å²) >= 11 is 0. The average molecular weight is 469 g/mol. The van der Waals surface area contributed by atoms with Gasteiger partial charge < -0.3 is 14.8 Å². The van der Waals surface area contributed by atoms with Gasteiger partial charge in [-0.1, -0.05) is 23.8 Å². The Hall–Kier alpha value is -3.52. The molecule has 0 saturated carbocycles. The summed E-state index contributed by atoms with van der Waals surface area (Å²) in [5.41, 5.74) is 3.17. The number of anilines is 1. The van der Waals surface area contributed by atoms with E-state index in [1.807, 2.05) is 26.0 Å². The molecule has 0 fully saturated rings. The van der Waals surface area contributed by atoms with Gasteiger partial charge in [-0.25, -0.2) is 8.42 Å². The van der Waals surface area contributed by atoms with Gasteiger partial charge in [0.1, 0.15) is 18.1 Å². The first-order chi connectivity index (χ1) is 15.7. The van der Waals surface area contributed by atoms with Crippen LogP contribution in [0.25, 0.3) is 0 Å². The van der Waals surface area contributed by atoms with Gasteiger partial charge in [0.15, 0.2) is 0 Å². The first-order valence-electron chi connectivity index (χ1n) is 10.5. The molecule has 1 amide bonds. The van der Waals surface area contributed by atoms with Crippen LogP contribution in [0.5, 0.6) is 11.5 Å². The number of hydrogen-bond acceptors (Lipinski definition) is 5. The zero-order valence-electron chi connectivity index (χ0n) is 19.1. The molecule has 0 spiro atoms. The normalized spacial score (nSPS) is 11.0. The van der Waals surface area contributed by atoms with Gasteiger partial charge in [0, 0.05) is 5.56 Å². The number of rotatable bonds is 9. The van der Waals surface area contributed by atoms with Crippen molar-refractivity contribution in [2.75, 3.05) is 25.0 Å². The highest BCUT2D eigenvalue weighted by atomic mass is 32.2. The number of hydrogen-bond donors (Lipinski definition) is 2. The van der Waals surface area contributed by atoms with Crippen molar-refractivity contribution >= 4 is 21.6 Å². The summed E-state index contributed by atoms with van der Waals surface area (Å²) < 4.78 is 39.4. The molecule has 0 aliphatic carbocycles. The number of sulfonamides is 1. The second-order valence-corrected chi connectivity index (χ2v) is 9.33. The van der Waals surface area contributed by atoms with Gasteiger partial charge in [0.05, 0.1) is 24.2 Å². The molecule has 174 valence electrons. The number of aryl methyl sites for hydroxylation is 3. The maximum Gasteiger partial charge on any atom is 0.262 e. The van der Waals surface area contributed by atoms with E-state index in [-0.39, 0.29) is 29.5 Å². The first kappa shape index (κ1) is 24.1. The third kappa shape index (κ3) is 6.26. The molecule has 0 aliphatic heterocycles. The Morgan fingerprint density at radius 1 is 0.879 bits per heavy atom.